The Morgan fingerprint density at radius 1 is 1.00 bits per heavy atom. The lowest BCUT2D eigenvalue weighted by atomic mass is 9.77. The standard InChI is InChI=1S/C28H24FN3O3/c1-4-32(5-2)19-14-15-22-23(16-19)34-26-24(25(30-31(26)3)17-10-12-18(29)13-11-17)28(22)21-9-7-6-8-20(21)27(33)35-28/h6-16H,4-5H2,1-3H3. The van der Waals surface area contributed by atoms with Gasteiger partial charge in [0.25, 0.3) is 0 Å². The van der Waals surface area contributed by atoms with E-state index < -0.39 is 11.6 Å². The number of esters is 1. The molecule has 0 N–H and O–H groups in total. The Balaban J connectivity index is 1.67. The minimum atomic E-state index is -1.24. The van der Waals surface area contributed by atoms with E-state index >= 15 is 0 Å². The van der Waals surface area contributed by atoms with Gasteiger partial charge in [0.1, 0.15) is 17.3 Å². The SMILES string of the molecule is CCN(CC)c1ccc2c(c1)Oc1c(c(-c3ccc(F)cc3)nn1C)C21OC(=O)c2ccccc21. The number of halogens is 1. The molecule has 6 rings (SSSR count). The molecule has 0 saturated carbocycles. The van der Waals surface area contributed by atoms with Crippen LogP contribution in [0, 0.1) is 5.82 Å². The van der Waals surface area contributed by atoms with Crippen molar-refractivity contribution in [3.05, 3.63) is 94.8 Å². The average Bonchev–Trinajstić information content (AvgIpc) is 3.36. The molecule has 0 saturated heterocycles. The van der Waals surface area contributed by atoms with Crippen molar-refractivity contribution in [2.45, 2.75) is 19.4 Å². The zero-order valence-electron chi connectivity index (χ0n) is 19.7. The molecule has 1 atom stereocenters. The Hall–Kier alpha value is -4.13. The second kappa shape index (κ2) is 7.70. The first kappa shape index (κ1) is 21.4. The lowest BCUT2D eigenvalue weighted by molar-refractivity contribution is 0.0224. The second-order valence-corrected chi connectivity index (χ2v) is 8.73. The van der Waals surface area contributed by atoms with Crippen molar-refractivity contribution in [3.8, 4) is 22.9 Å². The van der Waals surface area contributed by atoms with Crippen molar-refractivity contribution >= 4 is 11.7 Å². The fourth-order valence-electron chi connectivity index (χ4n) is 5.27. The predicted molar refractivity (Wildman–Crippen MR) is 130 cm³/mol. The van der Waals surface area contributed by atoms with Crippen LogP contribution in [-0.4, -0.2) is 28.8 Å². The molecule has 1 spiro atoms. The minimum absolute atomic E-state index is 0.337. The van der Waals surface area contributed by atoms with Crippen LogP contribution >= 0.6 is 0 Å². The van der Waals surface area contributed by atoms with Crippen molar-refractivity contribution in [3.63, 3.8) is 0 Å². The van der Waals surface area contributed by atoms with Gasteiger partial charge in [-0.25, -0.2) is 13.9 Å². The second-order valence-electron chi connectivity index (χ2n) is 8.73. The molecular weight excluding hydrogens is 445 g/mol. The smallest absolute Gasteiger partial charge is 0.340 e. The molecule has 6 nitrogen and oxygen atoms in total. The van der Waals surface area contributed by atoms with E-state index in [0.29, 0.717) is 34.0 Å². The normalized spacial score (nSPS) is 17.4. The summed E-state index contributed by atoms with van der Waals surface area (Å²) >= 11 is 0. The Morgan fingerprint density at radius 2 is 1.74 bits per heavy atom. The largest absolute Gasteiger partial charge is 0.440 e. The Kier molecular flexibility index (Phi) is 4.71. The van der Waals surface area contributed by atoms with Gasteiger partial charge >= 0.3 is 5.97 Å². The Morgan fingerprint density at radius 3 is 2.49 bits per heavy atom. The third-order valence-corrected chi connectivity index (χ3v) is 6.92. The van der Waals surface area contributed by atoms with Gasteiger partial charge in [0.15, 0.2) is 5.60 Å². The molecule has 1 aromatic heterocycles. The van der Waals surface area contributed by atoms with Crippen LogP contribution in [0.1, 0.15) is 40.9 Å². The number of fused-ring (bicyclic) bond motifs is 6. The summed E-state index contributed by atoms with van der Waals surface area (Å²) in [4.78, 5) is 15.4. The predicted octanol–water partition coefficient (Wildman–Crippen LogP) is 5.64. The molecule has 0 aliphatic carbocycles. The van der Waals surface area contributed by atoms with Crippen molar-refractivity contribution in [2.24, 2.45) is 7.05 Å². The summed E-state index contributed by atoms with van der Waals surface area (Å²) in [5, 5.41) is 4.75. The van der Waals surface area contributed by atoms with Crippen LogP contribution in [-0.2, 0) is 17.4 Å². The van der Waals surface area contributed by atoms with Gasteiger partial charge in [-0.3, -0.25) is 0 Å². The van der Waals surface area contributed by atoms with Crippen molar-refractivity contribution in [1.82, 2.24) is 9.78 Å². The number of aromatic nitrogens is 2. The highest BCUT2D eigenvalue weighted by atomic mass is 19.1. The number of aryl methyl sites for hydroxylation is 1. The van der Waals surface area contributed by atoms with Crippen LogP contribution in [0.15, 0.2) is 66.7 Å². The van der Waals surface area contributed by atoms with E-state index in [2.05, 4.69) is 18.7 Å². The van der Waals surface area contributed by atoms with Crippen molar-refractivity contribution < 1.29 is 18.7 Å². The number of hydrogen-bond acceptors (Lipinski definition) is 5. The summed E-state index contributed by atoms with van der Waals surface area (Å²) in [5.41, 5.74) is 3.67. The molecule has 3 aromatic carbocycles. The Labute approximate surface area is 202 Å². The number of nitrogens with zero attached hydrogens (tertiary/aromatic N) is 3. The van der Waals surface area contributed by atoms with Crippen molar-refractivity contribution in [1.29, 1.82) is 0 Å². The molecule has 176 valence electrons. The molecule has 0 radical (unpaired) electrons. The first-order valence-electron chi connectivity index (χ1n) is 11.7. The molecule has 0 bridgehead atoms. The maximum absolute atomic E-state index is 13.7. The highest BCUT2D eigenvalue weighted by molar-refractivity contribution is 5.97. The number of ether oxygens (including phenoxy) is 2. The zero-order valence-corrected chi connectivity index (χ0v) is 19.7. The molecular formula is C28H24FN3O3. The Bertz CT molecular complexity index is 1470. The molecule has 3 heterocycles. The van der Waals surface area contributed by atoms with E-state index in [1.54, 1.807) is 29.9 Å². The van der Waals surface area contributed by atoms with E-state index in [9.17, 15) is 9.18 Å². The number of hydrogen-bond donors (Lipinski definition) is 0. The van der Waals surface area contributed by atoms with Gasteiger partial charge in [-0.15, -0.1) is 0 Å². The fraction of sp³-hybridized carbons (Fsp3) is 0.214. The number of anilines is 1. The van der Waals surface area contributed by atoms with Crippen LogP contribution in [0.3, 0.4) is 0 Å². The van der Waals surface area contributed by atoms with Crippen LogP contribution < -0.4 is 9.64 Å². The van der Waals surface area contributed by atoms with E-state index in [1.165, 1.54) is 12.1 Å². The quantitative estimate of drug-likeness (QED) is 0.362. The third-order valence-electron chi connectivity index (χ3n) is 6.92. The first-order chi connectivity index (χ1) is 17.0. The third kappa shape index (κ3) is 2.94. The van der Waals surface area contributed by atoms with Crippen LogP contribution in [0.4, 0.5) is 10.1 Å². The summed E-state index contributed by atoms with van der Waals surface area (Å²) in [6, 6.07) is 19.6. The number of carbonyl (C=O) groups excluding carboxylic acids is 1. The molecule has 2 aliphatic rings. The summed E-state index contributed by atoms with van der Waals surface area (Å²) < 4.78 is 28.1. The summed E-state index contributed by atoms with van der Waals surface area (Å²) in [5.74, 6) is 0.357. The van der Waals surface area contributed by atoms with Gasteiger partial charge in [-0.05, 0) is 56.3 Å². The van der Waals surface area contributed by atoms with E-state index in [-0.39, 0.29) is 5.82 Å². The highest BCUT2D eigenvalue weighted by Gasteiger charge is 2.56. The van der Waals surface area contributed by atoms with Crippen LogP contribution in [0.5, 0.6) is 11.6 Å². The van der Waals surface area contributed by atoms with Crippen molar-refractivity contribution in [2.75, 3.05) is 18.0 Å². The molecule has 7 heteroatoms. The van der Waals surface area contributed by atoms with Gasteiger partial charge in [-0.1, -0.05) is 18.2 Å². The van der Waals surface area contributed by atoms with E-state index in [1.807, 2.05) is 36.4 Å². The molecule has 4 aromatic rings. The first-order valence-corrected chi connectivity index (χ1v) is 11.7. The summed E-state index contributed by atoms with van der Waals surface area (Å²) in [6.45, 7) is 5.91. The molecule has 0 amide bonds. The molecule has 0 fully saturated rings. The number of carbonyl (C=O) groups is 1. The zero-order chi connectivity index (χ0) is 24.3. The average molecular weight is 470 g/mol. The molecule has 2 aliphatic heterocycles. The fourth-order valence-corrected chi connectivity index (χ4v) is 5.27. The van der Waals surface area contributed by atoms with E-state index in [0.717, 1.165) is 29.9 Å². The van der Waals surface area contributed by atoms with Gasteiger partial charge in [-0.2, -0.15) is 5.10 Å². The summed E-state index contributed by atoms with van der Waals surface area (Å²) in [7, 11) is 1.79. The lowest BCUT2D eigenvalue weighted by Crippen LogP contribution is -2.33. The van der Waals surface area contributed by atoms with Gasteiger partial charge in [0.05, 0.1) is 11.1 Å². The molecule has 35 heavy (non-hydrogen) atoms. The topological polar surface area (TPSA) is 56.6 Å². The van der Waals surface area contributed by atoms with Gasteiger partial charge in [0, 0.05) is 48.6 Å². The van der Waals surface area contributed by atoms with E-state index in [4.69, 9.17) is 14.6 Å². The van der Waals surface area contributed by atoms with Crippen LogP contribution in [0.25, 0.3) is 11.3 Å². The van der Waals surface area contributed by atoms with Crippen LogP contribution in [0.2, 0.25) is 0 Å². The van der Waals surface area contributed by atoms with Gasteiger partial charge < -0.3 is 14.4 Å². The number of rotatable bonds is 4. The summed E-state index contributed by atoms with van der Waals surface area (Å²) in [6.07, 6.45) is 0. The highest BCUT2D eigenvalue weighted by Crippen LogP contribution is 2.58. The molecule has 1 unspecified atom stereocenters. The maximum atomic E-state index is 13.7. The number of benzene rings is 3. The van der Waals surface area contributed by atoms with Gasteiger partial charge in [0.2, 0.25) is 5.88 Å². The maximum Gasteiger partial charge on any atom is 0.340 e. The monoisotopic (exact) mass is 469 g/mol. The minimum Gasteiger partial charge on any atom is -0.440 e. The lowest BCUT2D eigenvalue weighted by Gasteiger charge is -2.36.